The van der Waals surface area contributed by atoms with Gasteiger partial charge in [0.15, 0.2) is 5.76 Å². The molecule has 6 aromatic rings. The van der Waals surface area contributed by atoms with Crippen LogP contribution in [0.2, 0.25) is 0 Å². The molecular formula is C29H20N2O2S2. The summed E-state index contributed by atoms with van der Waals surface area (Å²) in [6.45, 7) is 0.643. The summed E-state index contributed by atoms with van der Waals surface area (Å²) in [4.78, 5) is 19.2. The molecule has 0 aliphatic rings. The number of esters is 1. The second kappa shape index (κ2) is 9.33. The Kier molecular flexibility index (Phi) is 5.74. The maximum absolute atomic E-state index is 12.8. The molecule has 6 heteroatoms. The van der Waals surface area contributed by atoms with E-state index in [2.05, 4.69) is 53.1 Å². The lowest BCUT2D eigenvalue weighted by molar-refractivity contribution is 0.0699. The van der Waals surface area contributed by atoms with E-state index >= 15 is 0 Å². The molecule has 0 spiro atoms. The molecular weight excluding hydrogens is 472 g/mol. The van der Waals surface area contributed by atoms with Crippen LogP contribution in [-0.4, -0.2) is 15.5 Å². The Bertz CT molecular complexity index is 1660. The van der Waals surface area contributed by atoms with Crippen molar-refractivity contribution >= 4 is 62.3 Å². The molecule has 0 amide bonds. The number of fused-ring (bicyclic) bond motifs is 2. The predicted molar refractivity (Wildman–Crippen MR) is 145 cm³/mol. The van der Waals surface area contributed by atoms with Crippen LogP contribution in [0.3, 0.4) is 0 Å². The first-order valence-electron chi connectivity index (χ1n) is 11.2. The van der Waals surface area contributed by atoms with E-state index in [1.165, 1.54) is 39.0 Å². The third-order valence-electron chi connectivity index (χ3n) is 5.84. The largest absolute Gasteiger partial charge is 0.421 e. The van der Waals surface area contributed by atoms with Crippen molar-refractivity contribution in [3.05, 3.63) is 123 Å². The normalized spacial score (nSPS) is 11.8. The molecule has 0 unspecified atom stereocenters. The molecule has 35 heavy (non-hydrogen) atoms. The summed E-state index contributed by atoms with van der Waals surface area (Å²) >= 11 is 2.90. The first kappa shape index (κ1) is 21.5. The van der Waals surface area contributed by atoms with Gasteiger partial charge < -0.3 is 9.30 Å². The number of carbonyl (C=O) groups is 1. The summed E-state index contributed by atoms with van der Waals surface area (Å²) in [5.74, 6) is 0.866. The van der Waals surface area contributed by atoms with Crippen LogP contribution in [0.4, 0.5) is 0 Å². The molecule has 3 aromatic carbocycles. The van der Waals surface area contributed by atoms with Gasteiger partial charge in [-0.15, -0.1) is 22.7 Å². The van der Waals surface area contributed by atoms with Gasteiger partial charge in [-0.1, -0.05) is 66.7 Å². The topological polar surface area (TPSA) is 44.1 Å². The van der Waals surface area contributed by atoms with E-state index in [4.69, 9.17) is 9.72 Å². The summed E-state index contributed by atoms with van der Waals surface area (Å²) in [6, 6.07) is 30.4. The lowest BCUT2D eigenvalue weighted by atomic mass is 10.0. The van der Waals surface area contributed by atoms with Crippen LogP contribution in [0, 0.1) is 0 Å². The molecule has 0 aliphatic heterocycles. The van der Waals surface area contributed by atoms with Crippen molar-refractivity contribution in [1.29, 1.82) is 0 Å². The minimum absolute atomic E-state index is 0.364. The van der Waals surface area contributed by atoms with Gasteiger partial charge in [0.25, 0.3) is 0 Å². The van der Waals surface area contributed by atoms with Gasteiger partial charge in [0, 0.05) is 6.08 Å². The number of rotatable bonds is 6. The van der Waals surface area contributed by atoms with E-state index in [0.29, 0.717) is 17.2 Å². The van der Waals surface area contributed by atoms with Gasteiger partial charge in [-0.3, -0.25) is 0 Å². The van der Waals surface area contributed by atoms with E-state index in [1.807, 2.05) is 53.2 Å². The minimum atomic E-state index is -0.364. The molecule has 170 valence electrons. The summed E-state index contributed by atoms with van der Waals surface area (Å²) in [6.07, 6.45) is 1.88. The van der Waals surface area contributed by atoms with Gasteiger partial charge in [-0.25, -0.2) is 9.78 Å². The highest BCUT2D eigenvalue weighted by molar-refractivity contribution is 7.12. The molecule has 0 N–H and O–H groups in total. The van der Waals surface area contributed by atoms with Crippen LogP contribution in [0.5, 0.6) is 0 Å². The Morgan fingerprint density at radius 1 is 0.829 bits per heavy atom. The van der Waals surface area contributed by atoms with Gasteiger partial charge in [0.05, 0.1) is 22.5 Å². The van der Waals surface area contributed by atoms with Gasteiger partial charge in [-0.05, 0) is 51.4 Å². The first-order chi connectivity index (χ1) is 17.3. The van der Waals surface area contributed by atoms with E-state index in [1.54, 1.807) is 6.07 Å². The van der Waals surface area contributed by atoms with E-state index in [-0.39, 0.29) is 5.97 Å². The Morgan fingerprint density at radius 3 is 2.40 bits per heavy atom. The third-order valence-corrected chi connectivity index (χ3v) is 7.58. The van der Waals surface area contributed by atoms with Crippen molar-refractivity contribution < 1.29 is 9.53 Å². The van der Waals surface area contributed by atoms with E-state index in [0.717, 1.165) is 21.7 Å². The number of imidazole rings is 1. The van der Waals surface area contributed by atoms with Crippen LogP contribution < -0.4 is 0 Å². The minimum Gasteiger partial charge on any atom is -0.421 e. The molecule has 0 saturated carbocycles. The van der Waals surface area contributed by atoms with Crippen molar-refractivity contribution in [1.82, 2.24) is 9.55 Å². The van der Waals surface area contributed by atoms with Crippen molar-refractivity contribution in [2.24, 2.45) is 0 Å². The Labute approximate surface area is 210 Å². The van der Waals surface area contributed by atoms with Gasteiger partial charge in [0.1, 0.15) is 10.7 Å². The van der Waals surface area contributed by atoms with Crippen LogP contribution in [-0.2, 0) is 11.3 Å². The quantitative estimate of drug-likeness (QED) is 0.177. The fraction of sp³-hybridized carbons (Fsp3) is 0.0345. The van der Waals surface area contributed by atoms with Crippen molar-refractivity contribution in [2.45, 2.75) is 6.54 Å². The summed E-state index contributed by atoms with van der Waals surface area (Å²) in [5, 5.41) is 6.26. The van der Waals surface area contributed by atoms with Crippen LogP contribution in [0.25, 0.3) is 33.6 Å². The zero-order valence-electron chi connectivity index (χ0n) is 18.6. The van der Waals surface area contributed by atoms with Crippen LogP contribution >= 0.6 is 22.7 Å². The van der Waals surface area contributed by atoms with E-state index < -0.39 is 0 Å². The van der Waals surface area contributed by atoms with Crippen molar-refractivity contribution in [3.8, 4) is 0 Å². The highest BCUT2D eigenvalue weighted by Gasteiger charge is 2.17. The fourth-order valence-electron chi connectivity index (χ4n) is 4.20. The van der Waals surface area contributed by atoms with Gasteiger partial charge in [-0.2, -0.15) is 0 Å². The maximum Gasteiger partial charge on any atom is 0.353 e. The second-order valence-corrected chi connectivity index (χ2v) is 9.93. The molecule has 0 saturated heterocycles. The summed E-state index contributed by atoms with van der Waals surface area (Å²) in [7, 11) is 0. The molecule has 3 heterocycles. The number of thiophene rings is 2. The molecule has 3 aromatic heterocycles. The summed E-state index contributed by atoms with van der Waals surface area (Å²) < 4.78 is 8.09. The van der Waals surface area contributed by atoms with Gasteiger partial charge >= 0.3 is 5.97 Å². The standard InChI is InChI=1S/C29H20N2O2S2/c32-29(27-15-7-17-35-27)33-25(26-14-6-16-34-26)18-28-30-23-12-3-4-13-24(23)31(28)19-21-10-5-9-20-8-1-2-11-22(20)21/h1-18H,19H2/b25-18-. The number of carbonyl (C=O) groups excluding carboxylic acids is 1. The maximum atomic E-state index is 12.8. The predicted octanol–water partition coefficient (Wildman–Crippen LogP) is 7.72. The number of para-hydroxylation sites is 2. The number of nitrogens with zero attached hydrogens (tertiary/aromatic N) is 2. The SMILES string of the molecule is O=C(O/C(=C\c1nc2ccccc2n1Cc1cccc2ccccc12)c1cccs1)c1cccs1. The van der Waals surface area contributed by atoms with E-state index in [9.17, 15) is 4.79 Å². The second-order valence-electron chi connectivity index (χ2n) is 8.04. The van der Waals surface area contributed by atoms with Crippen LogP contribution in [0.15, 0.2) is 102 Å². The molecule has 0 fully saturated rings. The molecule has 0 aliphatic carbocycles. The highest BCUT2D eigenvalue weighted by Crippen LogP contribution is 2.29. The first-order valence-corrected chi connectivity index (χ1v) is 13.0. The molecule has 4 nitrogen and oxygen atoms in total. The average Bonchev–Trinajstić information content (AvgIpc) is 3.66. The average molecular weight is 493 g/mol. The number of aromatic nitrogens is 2. The lowest BCUT2D eigenvalue weighted by Gasteiger charge is -2.12. The lowest BCUT2D eigenvalue weighted by Crippen LogP contribution is -2.05. The zero-order chi connectivity index (χ0) is 23.6. The Balaban J connectivity index is 1.48. The molecule has 0 atom stereocenters. The smallest absolute Gasteiger partial charge is 0.353 e. The highest BCUT2D eigenvalue weighted by atomic mass is 32.1. The van der Waals surface area contributed by atoms with Crippen molar-refractivity contribution in [2.75, 3.05) is 0 Å². The third kappa shape index (κ3) is 4.30. The monoisotopic (exact) mass is 492 g/mol. The zero-order valence-corrected chi connectivity index (χ0v) is 20.3. The Hall–Kier alpha value is -4.00. The number of hydrogen-bond donors (Lipinski definition) is 0. The number of benzene rings is 3. The Morgan fingerprint density at radius 2 is 1.57 bits per heavy atom. The van der Waals surface area contributed by atoms with Gasteiger partial charge in [0.2, 0.25) is 0 Å². The number of hydrogen-bond acceptors (Lipinski definition) is 5. The fourth-order valence-corrected chi connectivity index (χ4v) is 5.48. The summed E-state index contributed by atoms with van der Waals surface area (Å²) in [5.41, 5.74) is 3.13. The molecule has 0 bridgehead atoms. The van der Waals surface area contributed by atoms with Crippen LogP contribution in [0.1, 0.15) is 25.9 Å². The number of ether oxygens (including phenoxy) is 1. The molecule has 0 radical (unpaired) electrons. The van der Waals surface area contributed by atoms with Crippen molar-refractivity contribution in [3.63, 3.8) is 0 Å². The molecule has 6 rings (SSSR count).